The maximum atomic E-state index is 12.4. The third-order valence-electron chi connectivity index (χ3n) is 5.67. The van der Waals surface area contributed by atoms with Gasteiger partial charge in [0.25, 0.3) is 0 Å². The van der Waals surface area contributed by atoms with Crippen LogP contribution in [0.25, 0.3) is 11.1 Å². The molecule has 1 aromatic carbocycles. The predicted octanol–water partition coefficient (Wildman–Crippen LogP) is 4.31. The Hall–Kier alpha value is -2.62. The van der Waals surface area contributed by atoms with E-state index in [0.29, 0.717) is 0 Å². The molecule has 2 aliphatic rings. The summed E-state index contributed by atoms with van der Waals surface area (Å²) in [6, 6.07) is 8.16. The van der Waals surface area contributed by atoms with Gasteiger partial charge in [-0.2, -0.15) is 0 Å². The number of nitrogens with zero attached hydrogens (tertiary/aromatic N) is 1. The number of carbonyl (C=O) groups is 1. The van der Waals surface area contributed by atoms with Gasteiger partial charge in [-0.3, -0.25) is 4.79 Å². The summed E-state index contributed by atoms with van der Waals surface area (Å²) in [6.07, 6.45) is 3.20. The molecule has 2 aromatic rings. The van der Waals surface area contributed by atoms with Crippen LogP contribution in [0.3, 0.4) is 0 Å². The van der Waals surface area contributed by atoms with Crippen LogP contribution in [0.15, 0.2) is 35.3 Å². The molecule has 0 saturated heterocycles. The van der Waals surface area contributed by atoms with Gasteiger partial charge in [0.2, 0.25) is 0 Å². The lowest BCUT2D eigenvalue weighted by Gasteiger charge is -2.39. The Bertz CT molecular complexity index is 1030. The van der Waals surface area contributed by atoms with Gasteiger partial charge in [-0.15, -0.1) is 0 Å². The van der Waals surface area contributed by atoms with E-state index in [1.165, 1.54) is 33.9 Å². The molecule has 1 atom stereocenters. The lowest BCUT2D eigenvalue weighted by Crippen LogP contribution is -2.32. The summed E-state index contributed by atoms with van der Waals surface area (Å²) in [5, 5.41) is 9.39. The first-order valence-corrected chi connectivity index (χ1v) is 8.98. The highest BCUT2D eigenvalue weighted by molar-refractivity contribution is 5.98. The van der Waals surface area contributed by atoms with Crippen LogP contribution in [0.2, 0.25) is 0 Å². The summed E-state index contributed by atoms with van der Waals surface area (Å²) in [6.45, 7) is 8.58. The summed E-state index contributed by atoms with van der Waals surface area (Å²) in [5.41, 5.74) is 6.51. The minimum atomic E-state index is -1.16. The summed E-state index contributed by atoms with van der Waals surface area (Å²) >= 11 is 0. The van der Waals surface area contributed by atoms with E-state index in [-0.39, 0.29) is 17.0 Å². The molecular weight excluding hydrogens is 326 g/mol. The average molecular weight is 349 g/mol. The predicted molar refractivity (Wildman–Crippen MR) is 102 cm³/mol. The molecule has 1 aliphatic heterocycles. The van der Waals surface area contributed by atoms with E-state index in [1.54, 1.807) is 6.20 Å². The second-order valence-electron chi connectivity index (χ2n) is 8.53. The van der Waals surface area contributed by atoms with Crippen molar-refractivity contribution in [3.8, 4) is 0 Å². The minimum absolute atomic E-state index is 0.0639. The largest absolute Gasteiger partial charge is 0.477 e. The molecule has 2 heterocycles. The summed E-state index contributed by atoms with van der Waals surface area (Å²) in [5.74, 6) is -1.16. The quantitative estimate of drug-likeness (QED) is 0.834. The number of fused-ring (bicyclic) bond motifs is 4. The van der Waals surface area contributed by atoms with Gasteiger partial charge in [-0.05, 0) is 41.0 Å². The fourth-order valence-electron chi connectivity index (χ4n) is 4.33. The van der Waals surface area contributed by atoms with E-state index < -0.39 is 11.4 Å². The molecule has 0 radical (unpaired) electrons. The number of carboxylic acid groups (broad SMARTS) is 1. The molecule has 26 heavy (non-hydrogen) atoms. The van der Waals surface area contributed by atoms with Crippen LogP contribution >= 0.6 is 0 Å². The molecule has 4 nitrogen and oxygen atoms in total. The lowest BCUT2D eigenvalue weighted by atomic mass is 9.78. The molecule has 0 unspecified atom stereocenters. The van der Waals surface area contributed by atoms with Crippen LogP contribution in [0.5, 0.6) is 0 Å². The number of benzene rings is 1. The number of hydrogen-bond donors (Lipinski definition) is 1. The zero-order valence-electron chi connectivity index (χ0n) is 15.6. The van der Waals surface area contributed by atoms with Crippen molar-refractivity contribution in [2.24, 2.45) is 5.41 Å². The first-order chi connectivity index (χ1) is 12.2. The van der Waals surface area contributed by atoms with Crippen LogP contribution in [-0.2, 0) is 6.42 Å². The molecule has 0 fully saturated rings. The van der Waals surface area contributed by atoms with Gasteiger partial charge in [-0.1, -0.05) is 44.5 Å². The Morgan fingerprint density at radius 3 is 2.58 bits per heavy atom. The van der Waals surface area contributed by atoms with E-state index in [2.05, 4.69) is 45.9 Å². The molecule has 1 aromatic heterocycles. The van der Waals surface area contributed by atoms with Crippen LogP contribution in [0.4, 0.5) is 0 Å². The number of pyridine rings is 1. The highest BCUT2D eigenvalue weighted by Crippen LogP contribution is 2.50. The van der Waals surface area contributed by atoms with Crippen molar-refractivity contribution in [2.45, 2.75) is 46.6 Å². The van der Waals surface area contributed by atoms with Crippen molar-refractivity contribution in [3.63, 3.8) is 0 Å². The normalized spacial score (nSPS) is 18.4. The molecule has 0 saturated carbocycles. The van der Waals surface area contributed by atoms with Gasteiger partial charge >= 0.3 is 5.97 Å². The monoisotopic (exact) mass is 349 g/mol. The smallest absolute Gasteiger partial charge is 0.341 e. The standard InChI is InChI=1S/C22H23NO3/c1-12-5-6-14-13(7-12)8-16-15(14)9-20(22(2,3)4)23-11-17(21(25)26)19(24)10-18(16)23/h5-7,10-11,20H,8-9H2,1-4H3,(H,25,26)/t20-/m0/s1. The maximum absolute atomic E-state index is 12.4. The van der Waals surface area contributed by atoms with Crippen LogP contribution < -0.4 is 5.43 Å². The second kappa shape index (κ2) is 5.44. The number of aromatic carboxylic acids is 1. The zero-order chi connectivity index (χ0) is 18.8. The Morgan fingerprint density at radius 2 is 1.92 bits per heavy atom. The van der Waals surface area contributed by atoms with Gasteiger partial charge < -0.3 is 9.67 Å². The number of aryl methyl sites for hydroxylation is 1. The average Bonchev–Trinajstić information content (AvgIpc) is 2.90. The number of hydrogen-bond acceptors (Lipinski definition) is 2. The van der Waals surface area contributed by atoms with Crippen molar-refractivity contribution in [2.75, 3.05) is 0 Å². The first kappa shape index (κ1) is 16.8. The first-order valence-electron chi connectivity index (χ1n) is 8.98. The van der Waals surface area contributed by atoms with E-state index in [9.17, 15) is 14.7 Å². The van der Waals surface area contributed by atoms with Gasteiger partial charge in [0.05, 0.1) is 0 Å². The molecule has 134 valence electrons. The number of allylic oxidation sites excluding steroid dienone is 2. The summed E-state index contributed by atoms with van der Waals surface area (Å²) < 4.78 is 2.03. The topological polar surface area (TPSA) is 59.3 Å². The Balaban J connectivity index is 1.98. The SMILES string of the molecule is Cc1ccc2c(c1)CC1=C2C[C@@H](C(C)(C)C)n2cc(C(=O)O)c(=O)cc21. The van der Waals surface area contributed by atoms with Gasteiger partial charge in [0, 0.05) is 30.4 Å². The van der Waals surface area contributed by atoms with Crippen molar-refractivity contribution in [3.05, 3.63) is 68.6 Å². The highest BCUT2D eigenvalue weighted by Gasteiger charge is 2.37. The highest BCUT2D eigenvalue weighted by atomic mass is 16.4. The molecule has 4 heteroatoms. The molecule has 1 N–H and O–H groups in total. The molecular formula is C22H23NO3. The summed E-state index contributed by atoms with van der Waals surface area (Å²) in [4.78, 5) is 23.9. The van der Waals surface area contributed by atoms with E-state index in [1.807, 2.05) is 4.57 Å². The van der Waals surface area contributed by atoms with E-state index in [0.717, 1.165) is 18.5 Å². The third kappa shape index (κ3) is 2.44. The Kier molecular flexibility index (Phi) is 3.52. The number of aromatic nitrogens is 1. The fraction of sp³-hybridized carbons (Fsp3) is 0.364. The minimum Gasteiger partial charge on any atom is -0.477 e. The van der Waals surface area contributed by atoms with Crippen molar-refractivity contribution in [1.82, 2.24) is 4.57 Å². The van der Waals surface area contributed by atoms with Gasteiger partial charge in [-0.25, -0.2) is 4.79 Å². The van der Waals surface area contributed by atoms with Crippen LogP contribution in [-0.4, -0.2) is 15.6 Å². The van der Waals surface area contributed by atoms with Gasteiger partial charge in [0.1, 0.15) is 5.56 Å². The molecule has 4 rings (SSSR count). The molecule has 0 bridgehead atoms. The summed E-state index contributed by atoms with van der Waals surface area (Å²) in [7, 11) is 0. The third-order valence-corrected chi connectivity index (χ3v) is 5.67. The second-order valence-corrected chi connectivity index (χ2v) is 8.53. The Morgan fingerprint density at radius 1 is 1.19 bits per heavy atom. The van der Waals surface area contributed by atoms with E-state index in [4.69, 9.17) is 0 Å². The van der Waals surface area contributed by atoms with E-state index >= 15 is 0 Å². The molecule has 0 amide bonds. The number of carboxylic acids is 1. The van der Waals surface area contributed by atoms with Crippen LogP contribution in [0.1, 0.15) is 66.0 Å². The van der Waals surface area contributed by atoms with Crippen molar-refractivity contribution in [1.29, 1.82) is 0 Å². The van der Waals surface area contributed by atoms with Gasteiger partial charge in [0.15, 0.2) is 5.43 Å². The van der Waals surface area contributed by atoms with Crippen molar-refractivity contribution < 1.29 is 9.90 Å². The van der Waals surface area contributed by atoms with Crippen molar-refractivity contribution >= 4 is 17.1 Å². The zero-order valence-corrected chi connectivity index (χ0v) is 15.6. The molecule has 1 aliphatic carbocycles. The Labute approximate surface area is 152 Å². The molecule has 0 spiro atoms. The lowest BCUT2D eigenvalue weighted by molar-refractivity contribution is 0.0693. The maximum Gasteiger partial charge on any atom is 0.341 e. The van der Waals surface area contributed by atoms with Crippen LogP contribution in [0, 0.1) is 12.3 Å². The fourth-order valence-corrected chi connectivity index (χ4v) is 4.33. The number of rotatable bonds is 1.